The van der Waals surface area contributed by atoms with Crippen LogP contribution in [0.15, 0.2) is 24.3 Å². The maximum absolute atomic E-state index is 11.3. The first-order valence-corrected chi connectivity index (χ1v) is 5.47. The van der Waals surface area contributed by atoms with Gasteiger partial charge in [-0.2, -0.15) is 0 Å². The second kappa shape index (κ2) is 5.65. The molecule has 0 radical (unpaired) electrons. The summed E-state index contributed by atoms with van der Waals surface area (Å²) in [4.78, 5) is 11.3. The molecule has 1 aromatic carbocycles. The number of rotatable bonds is 4. The number of hydrogen-bond donors (Lipinski definition) is 1. The number of anilines is 1. The van der Waals surface area contributed by atoms with Crippen LogP contribution in [0.2, 0.25) is 0 Å². The average molecular weight is 258 g/mol. The molecule has 1 N–H and O–H groups in total. The van der Waals surface area contributed by atoms with Crippen molar-refractivity contribution in [2.75, 3.05) is 17.4 Å². The third-order valence-corrected chi connectivity index (χ3v) is 1.95. The highest BCUT2D eigenvalue weighted by molar-refractivity contribution is 9.09. The molecular weight excluding hydrogens is 246 g/mol. The summed E-state index contributed by atoms with van der Waals surface area (Å²) in [6.07, 6.45) is 0. The van der Waals surface area contributed by atoms with Gasteiger partial charge in [-0.15, -0.1) is 0 Å². The van der Waals surface area contributed by atoms with E-state index in [0.29, 0.717) is 17.6 Å². The predicted molar refractivity (Wildman–Crippen MR) is 59.8 cm³/mol. The van der Waals surface area contributed by atoms with Gasteiger partial charge in [0, 0.05) is 5.69 Å². The van der Waals surface area contributed by atoms with Crippen molar-refractivity contribution in [1.29, 1.82) is 0 Å². The van der Waals surface area contributed by atoms with Crippen molar-refractivity contribution in [2.45, 2.75) is 6.92 Å². The number of alkyl halides is 1. The Hall–Kier alpha value is -1.03. The summed E-state index contributed by atoms with van der Waals surface area (Å²) in [5.74, 6) is -0.280. The molecule has 0 saturated heterocycles. The van der Waals surface area contributed by atoms with Crippen LogP contribution in [0.3, 0.4) is 0 Å². The molecule has 0 fully saturated rings. The maximum atomic E-state index is 11.3. The number of halogens is 1. The van der Waals surface area contributed by atoms with E-state index < -0.39 is 0 Å². The van der Waals surface area contributed by atoms with Gasteiger partial charge in [0.2, 0.25) is 0 Å². The lowest BCUT2D eigenvalue weighted by atomic mass is 10.2. The SMILES string of the molecule is CCOC(=O)c1ccc(NCBr)cc1. The van der Waals surface area contributed by atoms with Crippen molar-refractivity contribution in [2.24, 2.45) is 0 Å². The molecule has 0 aliphatic heterocycles. The zero-order chi connectivity index (χ0) is 10.4. The Morgan fingerprint density at radius 3 is 2.57 bits per heavy atom. The largest absolute Gasteiger partial charge is 0.462 e. The maximum Gasteiger partial charge on any atom is 0.338 e. The number of carbonyl (C=O) groups is 1. The van der Waals surface area contributed by atoms with E-state index in [-0.39, 0.29) is 5.97 Å². The van der Waals surface area contributed by atoms with Gasteiger partial charge in [0.05, 0.1) is 17.6 Å². The molecule has 0 unspecified atom stereocenters. The van der Waals surface area contributed by atoms with Crippen molar-refractivity contribution < 1.29 is 9.53 Å². The zero-order valence-corrected chi connectivity index (χ0v) is 9.50. The van der Waals surface area contributed by atoms with Gasteiger partial charge in [0.1, 0.15) is 0 Å². The van der Waals surface area contributed by atoms with Crippen LogP contribution in [-0.2, 0) is 4.74 Å². The Bertz CT molecular complexity index is 297. The van der Waals surface area contributed by atoms with E-state index in [9.17, 15) is 4.79 Å². The molecule has 0 amide bonds. The number of ether oxygens (including phenoxy) is 1. The number of nitrogens with one attached hydrogen (secondary N) is 1. The smallest absolute Gasteiger partial charge is 0.338 e. The van der Waals surface area contributed by atoms with Crippen molar-refractivity contribution in [3.8, 4) is 0 Å². The summed E-state index contributed by atoms with van der Waals surface area (Å²) in [7, 11) is 0. The standard InChI is InChI=1S/C10H12BrNO2/c1-2-14-10(13)8-3-5-9(6-4-8)12-7-11/h3-6,12H,2,7H2,1H3. The molecule has 1 aromatic rings. The van der Waals surface area contributed by atoms with Crippen molar-refractivity contribution in [3.63, 3.8) is 0 Å². The number of esters is 1. The molecular formula is C10H12BrNO2. The van der Waals surface area contributed by atoms with Crippen LogP contribution < -0.4 is 5.32 Å². The fraction of sp³-hybridized carbons (Fsp3) is 0.300. The molecule has 0 aliphatic carbocycles. The van der Waals surface area contributed by atoms with Crippen LogP contribution in [0, 0.1) is 0 Å². The molecule has 0 aromatic heterocycles. The molecule has 0 saturated carbocycles. The van der Waals surface area contributed by atoms with Crippen LogP contribution >= 0.6 is 15.9 Å². The number of hydrogen-bond acceptors (Lipinski definition) is 3. The Balaban J connectivity index is 2.67. The molecule has 0 spiro atoms. The van der Waals surface area contributed by atoms with Crippen LogP contribution in [0.4, 0.5) is 5.69 Å². The van der Waals surface area contributed by atoms with Crippen molar-refractivity contribution in [1.82, 2.24) is 0 Å². The monoisotopic (exact) mass is 257 g/mol. The number of benzene rings is 1. The Labute approximate surface area is 91.6 Å². The van der Waals surface area contributed by atoms with Crippen LogP contribution in [0.25, 0.3) is 0 Å². The molecule has 0 aliphatic rings. The molecule has 3 nitrogen and oxygen atoms in total. The van der Waals surface area contributed by atoms with Crippen molar-refractivity contribution in [3.05, 3.63) is 29.8 Å². The fourth-order valence-corrected chi connectivity index (χ4v) is 1.34. The third kappa shape index (κ3) is 3.03. The van der Waals surface area contributed by atoms with Gasteiger partial charge in [0.15, 0.2) is 0 Å². The quantitative estimate of drug-likeness (QED) is 0.512. The molecule has 14 heavy (non-hydrogen) atoms. The van der Waals surface area contributed by atoms with Gasteiger partial charge in [-0.1, -0.05) is 15.9 Å². The van der Waals surface area contributed by atoms with E-state index in [2.05, 4.69) is 21.2 Å². The van der Waals surface area contributed by atoms with Gasteiger partial charge in [-0.05, 0) is 31.2 Å². The minimum atomic E-state index is -0.280. The lowest BCUT2D eigenvalue weighted by molar-refractivity contribution is 0.0526. The molecule has 1 rings (SSSR count). The van der Waals surface area contributed by atoms with Gasteiger partial charge in [0.25, 0.3) is 0 Å². The summed E-state index contributed by atoms with van der Waals surface area (Å²) >= 11 is 3.26. The summed E-state index contributed by atoms with van der Waals surface area (Å²) in [6, 6.07) is 7.16. The van der Waals surface area contributed by atoms with Gasteiger partial charge >= 0.3 is 5.97 Å². The Morgan fingerprint density at radius 1 is 1.43 bits per heavy atom. The highest BCUT2D eigenvalue weighted by atomic mass is 79.9. The molecule has 0 heterocycles. The highest BCUT2D eigenvalue weighted by Crippen LogP contribution is 2.10. The number of carbonyl (C=O) groups excluding carboxylic acids is 1. The van der Waals surface area contributed by atoms with E-state index in [1.54, 1.807) is 19.1 Å². The van der Waals surface area contributed by atoms with Crippen LogP contribution in [0.5, 0.6) is 0 Å². The first-order chi connectivity index (χ1) is 6.77. The van der Waals surface area contributed by atoms with E-state index in [0.717, 1.165) is 5.69 Å². The summed E-state index contributed by atoms with van der Waals surface area (Å²) < 4.78 is 4.86. The lowest BCUT2D eigenvalue weighted by Gasteiger charge is -2.04. The van der Waals surface area contributed by atoms with E-state index >= 15 is 0 Å². The predicted octanol–water partition coefficient (Wildman–Crippen LogP) is 2.63. The molecule has 0 atom stereocenters. The normalized spacial score (nSPS) is 9.57. The molecule has 0 bridgehead atoms. The van der Waals surface area contributed by atoms with Crippen LogP contribution in [0.1, 0.15) is 17.3 Å². The van der Waals surface area contributed by atoms with Gasteiger partial charge in [-0.3, -0.25) is 0 Å². The second-order valence-electron chi connectivity index (χ2n) is 2.61. The zero-order valence-electron chi connectivity index (χ0n) is 7.92. The highest BCUT2D eigenvalue weighted by Gasteiger charge is 2.04. The summed E-state index contributed by atoms with van der Waals surface area (Å²) in [5, 5.41) is 3.07. The molecule has 76 valence electrons. The topological polar surface area (TPSA) is 38.3 Å². The van der Waals surface area contributed by atoms with Crippen LogP contribution in [-0.4, -0.2) is 18.0 Å². The Morgan fingerprint density at radius 2 is 2.07 bits per heavy atom. The van der Waals surface area contributed by atoms with E-state index in [1.165, 1.54) is 0 Å². The first kappa shape index (κ1) is 11.0. The first-order valence-electron chi connectivity index (χ1n) is 4.35. The third-order valence-electron chi connectivity index (χ3n) is 1.67. The average Bonchev–Trinajstić information content (AvgIpc) is 2.20. The Kier molecular flexibility index (Phi) is 4.46. The summed E-state index contributed by atoms with van der Waals surface area (Å²) in [6.45, 7) is 2.19. The van der Waals surface area contributed by atoms with Crippen molar-refractivity contribution >= 4 is 27.6 Å². The second-order valence-corrected chi connectivity index (χ2v) is 3.17. The summed E-state index contributed by atoms with van der Waals surface area (Å²) in [5.41, 5.74) is 2.23. The minimum absolute atomic E-state index is 0.280. The fourth-order valence-electron chi connectivity index (χ4n) is 1.02. The molecule has 4 heteroatoms. The van der Waals surface area contributed by atoms with Gasteiger partial charge < -0.3 is 10.1 Å². The minimum Gasteiger partial charge on any atom is -0.462 e. The lowest BCUT2D eigenvalue weighted by Crippen LogP contribution is -2.04. The van der Waals surface area contributed by atoms with Gasteiger partial charge in [-0.25, -0.2) is 4.79 Å². The van der Waals surface area contributed by atoms with E-state index in [4.69, 9.17) is 4.74 Å². The van der Waals surface area contributed by atoms with E-state index in [1.807, 2.05) is 12.1 Å².